The van der Waals surface area contributed by atoms with Gasteiger partial charge in [0.05, 0.1) is 7.11 Å². The molecule has 0 aliphatic heterocycles. The van der Waals surface area contributed by atoms with E-state index in [1.807, 2.05) is 32.9 Å². The highest BCUT2D eigenvalue weighted by Crippen LogP contribution is 2.34. The van der Waals surface area contributed by atoms with E-state index in [1.165, 1.54) is 6.92 Å². The standard InChI is InChI=1S/C18H20O3/c1-11-9-12(2)13(3)17(10-11)21-16-8-6-7-15(20-5)18(16)14(4)19/h6-10H,1-5H3. The van der Waals surface area contributed by atoms with Crippen molar-refractivity contribution in [3.05, 3.63) is 52.6 Å². The van der Waals surface area contributed by atoms with Crippen molar-refractivity contribution in [2.45, 2.75) is 27.7 Å². The molecule has 3 heteroatoms. The molecule has 0 fully saturated rings. The van der Waals surface area contributed by atoms with Crippen LogP contribution in [0.15, 0.2) is 30.3 Å². The van der Waals surface area contributed by atoms with Gasteiger partial charge in [0.2, 0.25) is 0 Å². The number of ketones is 1. The van der Waals surface area contributed by atoms with Crippen molar-refractivity contribution in [3.63, 3.8) is 0 Å². The molecule has 0 spiro atoms. The van der Waals surface area contributed by atoms with E-state index in [2.05, 4.69) is 6.07 Å². The molecule has 21 heavy (non-hydrogen) atoms. The van der Waals surface area contributed by atoms with Crippen molar-refractivity contribution in [2.75, 3.05) is 7.11 Å². The molecule has 0 unspecified atom stereocenters. The quantitative estimate of drug-likeness (QED) is 0.769. The average Bonchev–Trinajstić information content (AvgIpc) is 2.43. The number of benzene rings is 2. The molecular weight excluding hydrogens is 264 g/mol. The van der Waals surface area contributed by atoms with Gasteiger partial charge in [-0.2, -0.15) is 0 Å². The lowest BCUT2D eigenvalue weighted by Crippen LogP contribution is -2.02. The van der Waals surface area contributed by atoms with Gasteiger partial charge >= 0.3 is 0 Å². The monoisotopic (exact) mass is 284 g/mol. The van der Waals surface area contributed by atoms with Crippen molar-refractivity contribution in [1.82, 2.24) is 0 Å². The van der Waals surface area contributed by atoms with Crippen molar-refractivity contribution in [2.24, 2.45) is 0 Å². The summed E-state index contributed by atoms with van der Waals surface area (Å²) in [7, 11) is 1.55. The third-order valence-corrected chi connectivity index (χ3v) is 3.54. The zero-order valence-electron chi connectivity index (χ0n) is 13.1. The van der Waals surface area contributed by atoms with Crippen LogP contribution in [-0.4, -0.2) is 12.9 Å². The summed E-state index contributed by atoms with van der Waals surface area (Å²) in [5.74, 6) is 1.74. The number of Topliss-reactive ketones (excluding diaryl/α,β-unsaturated/α-hetero) is 1. The maximum absolute atomic E-state index is 11.9. The molecule has 0 aliphatic carbocycles. The second-order valence-corrected chi connectivity index (χ2v) is 5.20. The van der Waals surface area contributed by atoms with Gasteiger partial charge in [0.25, 0.3) is 0 Å². The van der Waals surface area contributed by atoms with E-state index in [-0.39, 0.29) is 5.78 Å². The van der Waals surface area contributed by atoms with Crippen molar-refractivity contribution >= 4 is 5.78 Å². The van der Waals surface area contributed by atoms with Gasteiger partial charge in [-0.05, 0) is 62.6 Å². The maximum atomic E-state index is 11.9. The lowest BCUT2D eigenvalue weighted by molar-refractivity contribution is 0.101. The van der Waals surface area contributed by atoms with Gasteiger partial charge in [-0.25, -0.2) is 0 Å². The largest absolute Gasteiger partial charge is 0.496 e. The van der Waals surface area contributed by atoms with Crippen molar-refractivity contribution in [1.29, 1.82) is 0 Å². The third kappa shape index (κ3) is 3.07. The Balaban J connectivity index is 2.52. The van der Waals surface area contributed by atoms with Crippen LogP contribution in [0.4, 0.5) is 0 Å². The lowest BCUT2D eigenvalue weighted by atomic mass is 10.1. The van der Waals surface area contributed by atoms with Gasteiger partial charge in [-0.1, -0.05) is 12.1 Å². The van der Waals surface area contributed by atoms with Crippen LogP contribution < -0.4 is 9.47 Å². The number of carbonyl (C=O) groups is 1. The molecule has 0 bridgehead atoms. The van der Waals surface area contributed by atoms with E-state index in [9.17, 15) is 4.79 Å². The third-order valence-electron chi connectivity index (χ3n) is 3.54. The lowest BCUT2D eigenvalue weighted by Gasteiger charge is -2.15. The van der Waals surface area contributed by atoms with Gasteiger partial charge in [0.15, 0.2) is 5.78 Å². The molecule has 110 valence electrons. The van der Waals surface area contributed by atoms with E-state index in [0.717, 1.165) is 22.4 Å². The van der Waals surface area contributed by atoms with Crippen molar-refractivity contribution in [3.8, 4) is 17.2 Å². The van der Waals surface area contributed by atoms with Crippen molar-refractivity contribution < 1.29 is 14.3 Å². The zero-order chi connectivity index (χ0) is 15.6. The molecule has 3 nitrogen and oxygen atoms in total. The molecule has 0 atom stereocenters. The first-order valence-electron chi connectivity index (χ1n) is 6.87. The number of carbonyl (C=O) groups excluding carboxylic acids is 1. The van der Waals surface area contributed by atoms with E-state index in [1.54, 1.807) is 19.2 Å². The Bertz CT molecular complexity index is 687. The molecule has 0 heterocycles. The summed E-state index contributed by atoms with van der Waals surface area (Å²) in [5.41, 5.74) is 3.83. The number of rotatable bonds is 4. The van der Waals surface area contributed by atoms with Crippen LogP contribution in [0.1, 0.15) is 34.0 Å². The highest BCUT2D eigenvalue weighted by molar-refractivity contribution is 5.99. The number of ether oxygens (including phenoxy) is 2. The van der Waals surface area contributed by atoms with Crippen LogP contribution >= 0.6 is 0 Å². The van der Waals surface area contributed by atoms with E-state index < -0.39 is 0 Å². The molecule has 0 saturated carbocycles. The first kappa shape index (κ1) is 15.1. The number of hydrogen-bond acceptors (Lipinski definition) is 3. The highest BCUT2D eigenvalue weighted by atomic mass is 16.5. The Morgan fingerprint density at radius 3 is 2.29 bits per heavy atom. The summed E-state index contributed by atoms with van der Waals surface area (Å²) in [6.07, 6.45) is 0. The topological polar surface area (TPSA) is 35.5 Å². The van der Waals surface area contributed by atoms with Gasteiger partial charge in [-0.3, -0.25) is 4.79 Å². The van der Waals surface area contributed by atoms with Crippen LogP contribution in [0.25, 0.3) is 0 Å². The predicted molar refractivity (Wildman–Crippen MR) is 83.7 cm³/mol. The summed E-state index contributed by atoms with van der Waals surface area (Å²) < 4.78 is 11.3. The van der Waals surface area contributed by atoms with E-state index in [0.29, 0.717) is 17.1 Å². The van der Waals surface area contributed by atoms with Gasteiger partial charge in [-0.15, -0.1) is 0 Å². The SMILES string of the molecule is COc1cccc(Oc2cc(C)cc(C)c2C)c1C(C)=O. The minimum absolute atomic E-state index is 0.0792. The number of hydrogen-bond donors (Lipinski definition) is 0. The normalized spacial score (nSPS) is 10.3. The van der Waals surface area contributed by atoms with Gasteiger partial charge in [0, 0.05) is 0 Å². The Morgan fingerprint density at radius 1 is 1.00 bits per heavy atom. The maximum Gasteiger partial charge on any atom is 0.167 e. The fraction of sp³-hybridized carbons (Fsp3) is 0.278. The van der Waals surface area contributed by atoms with Gasteiger partial charge in [0.1, 0.15) is 22.8 Å². The first-order valence-corrected chi connectivity index (χ1v) is 6.87. The molecule has 0 aromatic heterocycles. The molecule has 0 N–H and O–H groups in total. The summed E-state index contributed by atoms with van der Waals surface area (Å²) in [4.78, 5) is 11.9. The van der Waals surface area contributed by atoms with Crippen LogP contribution in [0, 0.1) is 20.8 Å². The molecule has 0 saturated heterocycles. The van der Waals surface area contributed by atoms with Gasteiger partial charge < -0.3 is 9.47 Å². The van der Waals surface area contributed by atoms with Crippen LogP contribution in [0.5, 0.6) is 17.2 Å². The Labute approximate surface area is 125 Å². The Hall–Kier alpha value is -2.29. The van der Waals surface area contributed by atoms with Crippen LogP contribution in [0.2, 0.25) is 0 Å². The highest BCUT2D eigenvalue weighted by Gasteiger charge is 2.16. The number of methoxy groups -OCH3 is 1. The fourth-order valence-corrected chi connectivity index (χ4v) is 2.34. The Kier molecular flexibility index (Phi) is 4.32. The fourth-order valence-electron chi connectivity index (χ4n) is 2.34. The molecule has 2 aromatic rings. The summed E-state index contributed by atoms with van der Waals surface area (Å²) in [6.45, 7) is 7.60. The minimum Gasteiger partial charge on any atom is -0.496 e. The molecule has 0 amide bonds. The second-order valence-electron chi connectivity index (χ2n) is 5.20. The summed E-state index contributed by atoms with van der Waals surface area (Å²) in [6, 6.07) is 9.46. The smallest absolute Gasteiger partial charge is 0.167 e. The molecular formula is C18H20O3. The summed E-state index contributed by atoms with van der Waals surface area (Å²) in [5, 5.41) is 0. The minimum atomic E-state index is -0.0792. The molecule has 2 aromatic carbocycles. The second kappa shape index (κ2) is 6.00. The van der Waals surface area contributed by atoms with Crippen LogP contribution in [0.3, 0.4) is 0 Å². The number of aryl methyl sites for hydroxylation is 2. The molecule has 0 radical (unpaired) electrons. The Morgan fingerprint density at radius 2 is 1.67 bits per heavy atom. The van der Waals surface area contributed by atoms with E-state index >= 15 is 0 Å². The summed E-state index contributed by atoms with van der Waals surface area (Å²) >= 11 is 0. The average molecular weight is 284 g/mol. The predicted octanol–water partition coefficient (Wildman–Crippen LogP) is 4.62. The van der Waals surface area contributed by atoms with E-state index in [4.69, 9.17) is 9.47 Å². The molecule has 0 aliphatic rings. The molecule has 2 rings (SSSR count). The zero-order valence-corrected chi connectivity index (χ0v) is 13.1. The van der Waals surface area contributed by atoms with Crippen LogP contribution in [-0.2, 0) is 0 Å². The first-order chi connectivity index (χ1) is 9.93.